The summed E-state index contributed by atoms with van der Waals surface area (Å²) in [7, 11) is -2.84. The molecule has 0 aromatic heterocycles. The van der Waals surface area contributed by atoms with Crippen LogP contribution in [-0.2, 0) is 53.2 Å². The molecule has 0 radical (unpaired) electrons. The van der Waals surface area contributed by atoms with Crippen molar-refractivity contribution in [3.05, 3.63) is 29.8 Å². The summed E-state index contributed by atoms with van der Waals surface area (Å²) in [5.41, 5.74) is 1.37. The average molecular weight is 667 g/mol. The summed E-state index contributed by atoms with van der Waals surface area (Å²) >= 11 is 0. The largest absolute Gasteiger partial charge is 0.491 e. The molecule has 12 nitrogen and oxygen atoms in total. The number of aryl methyl sites for hydroxylation is 1. The number of unbranched alkanes of at least 4 members (excludes halogenated alkanes) is 6. The van der Waals surface area contributed by atoms with Crippen LogP contribution in [0.25, 0.3) is 0 Å². The lowest BCUT2D eigenvalue weighted by atomic mass is 10.0. The number of phosphoric acid groups is 1. The predicted octanol–water partition coefficient (Wildman–Crippen LogP) is 5.24. The van der Waals surface area contributed by atoms with Crippen LogP contribution in [0.1, 0.15) is 57.4 Å². The summed E-state index contributed by atoms with van der Waals surface area (Å²) < 4.78 is 63.8. The average Bonchev–Trinajstić information content (AvgIpc) is 3.05. The molecule has 45 heavy (non-hydrogen) atoms. The third-order valence-electron chi connectivity index (χ3n) is 6.43. The minimum atomic E-state index is -3.94. The van der Waals surface area contributed by atoms with E-state index in [-0.39, 0.29) is 13.2 Å². The molecule has 13 heteroatoms. The maximum absolute atomic E-state index is 11.1. The highest BCUT2D eigenvalue weighted by Gasteiger charge is 2.17. The van der Waals surface area contributed by atoms with Gasteiger partial charge in [-0.15, -0.1) is 0 Å². The molecule has 1 rings (SSSR count). The van der Waals surface area contributed by atoms with Gasteiger partial charge in [-0.3, -0.25) is 9.05 Å². The highest BCUT2D eigenvalue weighted by molar-refractivity contribution is 7.47. The third-order valence-corrected chi connectivity index (χ3v) is 7.40. The fraction of sp³-hybridized carbons (Fsp3) is 0.812. The lowest BCUT2D eigenvalue weighted by molar-refractivity contribution is -0.0221. The van der Waals surface area contributed by atoms with Crippen molar-refractivity contribution in [3.8, 4) is 5.75 Å². The Bertz CT molecular complexity index is 799. The number of rotatable bonds is 35. The van der Waals surface area contributed by atoms with Crippen molar-refractivity contribution in [2.75, 3.05) is 113 Å². The van der Waals surface area contributed by atoms with Crippen LogP contribution in [0.2, 0.25) is 0 Å². The first-order valence-electron chi connectivity index (χ1n) is 16.4. The molecule has 0 amide bonds. The zero-order chi connectivity index (χ0) is 32.5. The van der Waals surface area contributed by atoms with Crippen LogP contribution in [0, 0.1) is 0 Å². The molecule has 0 fully saturated rings. The smallest absolute Gasteiger partial charge is 0.471 e. The SMILES string of the molecule is CCCCCCCCCc1ccc(OCCOCCOCCOCCOCCOCCOCCOCCOP(=O)(O)OC)cc1. The van der Waals surface area contributed by atoms with Crippen molar-refractivity contribution in [2.24, 2.45) is 0 Å². The van der Waals surface area contributed by atoms with E-state index in [4.69, 9.17) is 42.8 Å². The van der Waals surface area contributed by atoms with Crippen LogP contribution >= 0.6 is 7.82 Å². The Hall–Kier alpha value is -1.15. The summed E-state index contributed by atoms with van der Waals surface area (Å²) in [6.45, 7) is 9.01. The molecule has 0 aliphatic rings. The summed E-state index contributed by atoms with van der Waals surface area (Å²) in [6.07, 6.45) is 10.5. The Morgan fingerprint density at radius 1 is 0.533 bits per heavy atom. The lowest BCUT2D eigenvalue weighted by Gasteiger charge is -2.10. The normalized spacial score (nSPS) is 12.9. The van der Waals surface area contributed by atoms with Gasteiger partial charge in [0.2, 0.25) is 0 Å². The maximum atomic E-state index is 11.1. The number of ether oxygens (including phenoxy) is 8. The van der Waals surface area contributed by atoms with Crippen LogP contribution in [0.3, 0.4) is 0 Å². The molecule has 264 valence electrons. The highest BCUT2D eigenvalue weighted by atomic mass is 31.2. The van der Waals surface area contributed by atoms with Crippen molar-refractivity contribution >= 4 is 7.82 Å². The van der Waals surface area contributed by atoms with Gasteiger partial charge >= 0.3 is 7.82 Å². The fourth-order valence-electron chi connectivity index (χ4n) is 3.94. The lowest BCUT2D eigenvalue weighted by Crippen LogP contribution is -2.15. The van der Waals surface area contributed by atoms with Gasteiger partial charge in [-0.2, -0.15) is 0 Å². The van der Waals surface area contributed by atoms with Crippen molar-refractivity contribution in [1.29, 1.82) is 0 Å². The fourth-order valence-corrected chi connectivity index (χ4v) is 4.35. The molecule has 1 N–H and O–H groups in total. The Morgan fingerprint density at radius 2 is 0.911 bits per heavy atom. The van der Waals surface area contributed by atoms with E-state index in [0.29, 0.717) is 92.5 Å². The summed E-state index contributed by atoms with van der Waals surface area (Å²) in [5, 5.41) is 0. The van der Waals surface area contributed by atoms with E-state index in [9.17, 15) is 4.57 Å². The van der Waals surface area contributed by atoms with Crippen LogP contribution in [-0.4, -0.2) is 118 Å². The molecule has 1 aromatic carbocycles. The third kappa shape index (κ3) is 28.8. The van der Waals surface area contributed by atoms with Crippen molar-refractivity contribution in [1.82, 2.24) is 0 Å². The first kappa shape index (κ1) is 41.9. The van der Waals surface area contributed by atoms with Crippen molar-refractivity contribution in [2.45, 2.75) is 58.3 Å². The van der Waals surface area contributed by atoms with Gasteiger partial charge in [0.1, 0.15) is 12.4 Å². The molecule has 0 saturated heterocycles. The molecule has 0 bridgehead atoms. The van der Waals surface area contributed by atoms with Gasteiger partial charge in [0, 0.05) is 7.11 Å². The van der Waals surface area contributed by atoms with Gasteiger partial charge in [-0.05, 0) is 30.5 Å². The first-order valence-corrected chi connectivity index (χ1v) is 17.9. The van der Waals surface area contributed by atoms with E-state index in [2.05, 4.69) is 28.1 Å². The van der Waals surface area contributed by atoms with Gasteiger partial charge in [-0.1, -0.05) is 57.6 Å². The topological polar surface area (TPSA) is 130 Å². The van der Waals surface area contributed by atoms with Gasteiger partial charge in [0.25, 0.3) is 0 Å². The number of hydrogen-bond acceptors (Lipinski definition) is 11. The van der Waals surface area contributed by atoms with Gasteiger partial charge in [0.05, 0.1) is 99.1 Å². The number of benzene rings is 1. The van der Waals surface area contributed by atoms with Gasteiger partial charge in [-0.25, -0.2) is 4.57 Å². The Kier molecular flexibility index (Phi) is 29.3. The van der Waals surface area contributed by atoms with Crippen molar-refractivity contribution in [3.63, 3.8) is 0 Å². The van der Waals surface area contributed by atoms with Crippen molar-refractivity contribution < 1.29 is 56.4 Å². The van der Waals surface area contributed by atoms with Crippen LogP contribution in [0.4, 0.5) is 0 Å². The van der Waals surface area contributed by atoms with Gasteiger partial charge in [0.15, 0.2) is 0 Å². The van der Waals surface area contributed by atoms with Crippen LogP contribution < -0.4 is 4.74 Å². The Morgan fingerprint density at radius 3 is 1.33 bits per heavy atom. The van der Waals surface area contributed by atoms with Gasteiger partial charge < -0.3 is 42.8 Å². The van der Waals surface area contributed by atoms with E-state index in [1.807, 2.05) is 12.1 Å². The summed E-state index contributed by atoms with van der Waals surface area (Å²) in [6, 6.07) is 8.42. The minimum absolute atomic E-state index is 0.0360. The second-order valence-corrected chi connectivity index (χ2v) is 11.7. The summed E-state index contributed by atoms with van der Waals surface area (Å²) in [5.74, 6) is 0.878. The zero-order valence-electron chi connectivity index (χ0n) is 27.7. The van der Waals surface area contributed by atoms with E-state index in [1.54, 1.807) is 0 Å². The molecule has 0 aliphatic carbocycles. The summed E-state index contributed by atoms with van der Waals surface area (Å²) in [4.78, 5) is 9.05. The molecule has 0 aliphatic heterocycles. The van der Waals surface area contributed by atoms with E-state index >= 15 is 0 Å². The number of hydrogen-bond donors (Lipinski definition) is 1. The minimum Gasteiger partial charge on any atom is -0.491 e. The molecule has 0 spiro atoms. The Labute approximate surface area is 270 Å². The predicted molar refractivity (Wildman–Crippen MR) is 172 cm³/mol. The molecule has 1 aromatic rings. The quantitative estimate of drug-likeness (QED) is 0.0752. The standard InChI is InChI=1S/C32H59O12P/c1-3-4-5-6-7-8-9-10-31-11-13-32(14-12-31)43-29-27-41-25-23-39-21-19-37-17-15-36-16-18-38-20-22-40-24-26-42-28-30-44-45(33,34)35-2/h11-14H,3-10,15-30H2,1-2H3,(H,33,34). The molecular formula is C32H59O12P. The molecular weight excluding hydrogens is 607 g/mol. The van der Waals surface area contributed by atoms with E-state index in [0.717, 1.165) is 19.3 Å². The van der Waals surface area contributed by atoms with E-state index < -0.39 is 7.82 Å². The molecule has 0 saturated carbocycles. The molecule has 0 heterocycles. The highest BCUT2D eigenvalue weighted by Crippen LogP contribution is 2.41. The monoisotopic (exact) mass is 666 g/mol. The second-order valence-electron chi connectivity index (χ2n) is 10.1. The molecule has 1 unspecified atom stereocenters. The zero-order valence-corrected chi connectivity index (χ0v) is 28.6. The maximum Gasteiger partial charge on any atom is 0.471 e. The Balaban J connectivity index is 1.74. The van der Waals surface area contributed by atoms with E-state index in [1.165, 1.54) is 50.5 Å². The second kappa shape index (κ2) is 31.4. The van der Waals surface area contributed by atoms with Crippen LogP contribution in [0.5, 0.6) is 5.75 Å². The molecule has 1 atom stereocenters. The number of phosphoric ester groups is 1. The van der Waals surface area contributed by atoms with Crippen LogP contribution in [0.15, 0.2) is 24.3 Å². The first-order chi connectivity index (χ1) is 22.1.